The van der Waals surface area contributed by atoms with Gasteiger partial charge in [-0.25, -0.2) is 0 Å². The van der Waals surface area contributed by atoms with Crippen LogP contribution < -0.4 is 5.73 Å². The van der Waals surface area contributed by atoms with Gasteiger partial charge < -0.3 is 15.5 Å². The number of halogens is 1. The third-order valence-electron chi connectivity index (χ3n) is 4.91. The van der Waals surface area contributed by atoms with Gasteiger partial charge in [0.05, 0.1) is 12.0 Å². The fourth-order valence-electron chi connectivity index (χ4n) is 3.47. The largest absolute Gasteiger partial charge is 0.345 e. The zero-order chi connectivity index (χ0) is 17.9. The quantitative estimate of drug-likeness (QED) is 0.869. The van der Waals surface area contributed by atoms with Gasteiger partial charge in [-0.05, 0) is 23.9 Å². The topological polar surface area (TPSA) is 66.6 Å². The molecule has 2 N–H and O–H groups in total. The summed E-state index contributed by atoms with van der Waals surface area (Å²) in [5, 5.41) is 0. The number of hydrogen-bond acceptors (Lipinski definition) is 3. The molecular formula is C19H30ClN3O2. The highest BCUT2D eigenvalue weighted by Gasteiger charge is 2.40. The van der Waals surface area contributed by atoms with Gasteiger partial charge in [0.1, 0.15) is 0 Å². The van der Waals surface area contributed by atoms with Crippen molar-refractivity contribution in [2.24, 2.45) is 17.1 Å². The van der Waals surface area contributed by atoms with E-state index in [2.05, 4.69) is 13.8 Å². The molecular weight excluding hydrogens is 338 g/mol. The first-order chi connectivity index (χ1) is 11.3. The molecule has 25 heavy (non-hydrogen) atoms. The van der Waals surface area contributed by atoms with E-state index in [1.807, 2.05) is 37.4 Å². The number of nitrogens with zero attached hydrogens (tertiary/aromatic N) is 2. The highest BCUT2D eigenvalue weighted by Crippen LogP contribution is 2.37. The lowest BCUT2D eigenvalue weighted by Crippen LogP contribution is -2.49. The number of amides is 2. The van der Waals surface area contributed by atoms with Crippen molar-refractivity contribution in [2.45, 2.75) is 32.7 Å². The second-order valence-electron chi connectivity index (χ2n) is 7.57. The average molecular weight is 368 g/mol. The molecule has 1 aromatic carbocycles. The number of carbonyl (C=O) groups excluding carboxylic acids is 2. The predicted octanol–water partition coefficient (Wildman–Crippen LogP) is 2.46. The van der Waals surface area contributed by atoms with Gasteiger partial charge >= 0.3 is 0 Å². The summed E-state index contributed by atoms with van der Waals surface area (Å²) < 4.78 is 0. The minimum absolute atomic E-state index is 0. The monoisotopic (exact) mass is 367 g/mol. The molecule has 1 aliphatic rings. The van der Waals surface area contributed by atoms with Crippen LogP contribution in [-0.4, -0.2) is 48.8 Å². The number of carbonyl (C=O) groups is 2. The van der Waals surface area contributed by atoms with E-state index in [0.717, 1.165) is 5.56 Å². The molecule has 2 amide bonds. The number of piperidine rings is 1. The van der Waals surface area contributed by atoms with E-state index in [0.29, 0.717) is 25.9 Å². The van der Waals surface area contributed by atoms with Crippen LogP contribution in [0.5, 0.6) is 0 Å². The minimum atomic E-state index is -0.214. The molecule has 0 bridgehead atoms. The summed E-state index contributed by atoms with van der Waals surface area (Å²) in [7, 11) is 3.63. The Balaban J connectivity index is 0.00000312. The summed E-state index contributed by atoms with van der Waals surface area (Å²) in [6.07, 6.45) is 1.01. The number of benzene rings is 1. The van der Waals surface area contributed by atoms with Crippen LogP contribution in [0.3, 0.4) is 0 Å². The van der Waals surface area contributed by atoms with Crippen LogP contribution in [-0.2, 0) is 9.59 Å². The van der Waals surface area contributed by atoms with Crippen molar-refractivity contribution in [2.75, 3.05) is 27.2 Å². The molecule has 2 unspecified atom stereocenters. The number of hydrogen-bond donors (Lipinski definition) is 1. The van der Waals surface area contributed by atoms with Gasteiger partial charge in [-0.15, -0.1) is 12.4 Å². The Kier molecular flexibility index (Phi) is 7.44. The zero-order valence-electron chi connectivity index (χ0n) is 15.6. The second kappa shape index (κ2) is 8.68. The third kappa shape index (κ3) is 4.95. The van der Waals surface area contributed by atoms with E-state index in [4.69, 9.17) is 5.73 Å². The van der Waals surface area contributed by atoms with Crippen LogP contribution in [0.15, 0.2) is 30.3 Å². The van der Waals surface area contributed by atoms with Gasteiger partial charge in [0.2, 0.25) is 11.8 Å². The van der Waals surface area contributed by atoms with Crippen LogP contribution >= 0.6 is 12.4 Å². The second-order valence-corrected chi connectivity index (χ2v) is 7.57. The Hall–Kier alpha value is -1.59. The summed E-state index contributed by atoms with van der Waals surface area (Å²) in [5.74, 6) is -0.0313. The van der Waals surface area contributed by atoms with Crippen molar-refractivity contribution in [1.82, 2.24) is 9.80 Å². The molecule has 0 aromatic heterocycles. The Labute approximate surface area is 157 Å². The standard InChI is InChI=1S/C19H29N3O2.ClH/c1-19(2,12-20)13-21(3)18(24)15-10-11-16(23)22(4)17(15)14-8-6-5-7-9-14;/h5-9,15,17H,10-13,20H2,1-4H3;1H. The van der Waals surface area contributed by atoms with E-state index < -0.39 is 0 Å². The molecule has 140 valence electrons. The van der Waals surface area contributed by atoms with Crippen LogP contribution in [0.25, 0.3) is 0 Å². The first kappa shape index (κ1) is 21.5. The molecule has 1 aromatic rings. The van der Waals surface area contributed by atoms with Gasteiger partial charge in [0.15, 0.2) is 0 Å². The molecule has 2 rings (SSSR count). The van der Waals surface area contributed by atoms with Crippen molar-refractivity contribution in [3.63, 3.8) is 0 Å². The molecule has 1 saturated heterocycles. The van der Waals surface area contributed by atoms with E-state index in [1.54, 1.807) is 16.8 Å². The van der Waals surface area contributed by atoms with Crippen molar-refractivity contribution in [3.05, 3.63) is 35.9 Å². The van der Waals surface area contributed by atoms with E-state index in [-0.39, 0.29) is 41.6 Å². The Bertz CT molecular complexity index is 592. The summed E-state index contributed by atoms with van der Waals surface area (Å²) in [4.78, 5) is 28.8. The van der Waals surface area contributed by atoms with Crippen LogP contribution in [0.4, 0.5) is 0 Å². The molecule has 1 fully saturated rings. The first-order valence-electron chi connectivity index (χ1n) is 8.52. The van der Waals surface area contributed by atoms with Crippen LogP contribution in [0, 0.1) is 11.3 Å². The Morgan fingerprint density at radius 3 is 2.48 bits per heavy atom. The normalized spacial score (nSPS) is 20.8. The Morgan fingerprint density at radius 1 is 1.32 bits per heavy atom. The zero-order valence-corrected chi connectivity index (χ0v) is 16.4. The summed E-state index contributed by atoms with van der Waals surface area (Å²) in [6, 6.07) is 9.62. The van der Waals surface area contributed by atoms with Crippen molar-refractivity contribution >= 4 is 24.2 Å². The van der Waals surface area contributed by atoms with E-state index in [9.17, 15) is 9.59 Å². The molecule has 1 aliphatic heterocycles. The molecule has 0 saturated carbocycles. The maximum absolute atomic E-state index is 13.1. The average Bonchev–Trinajstić information content (AvgIpc) is 2.57. The smallest absolute Gasteiger partial charge is 0.227 e. The SMILES string of the molecule is CN(CC(C)(C)CN)C(=O)C1CCC(=O)N(C)C1c1ccccc1.Cl. The fraction of sp³-hybridized carbons (Fsp3) is 0.579. The lowest BCUT2D eigenvalue weighted by atomic mass is 9.83. The third-order valence-corrected chi connectivity index (χ3v) is 4.91. The number of nitrogens with two attached hydrogens (primary N) is 1. The van der Waals surface area contributed by atoms with Crippen LogP contribution in [0.2, 0.25) is 0 Å². The molecule has 6 heteroatoms. The van der Waals surface area contributed by atoms with E-state index >= 15 is 0 Å². The highest BCUT2D eigenvalue weighted by atomic mass is 35.5. The fourth-order valence-corrected chi connectivity index (χ4v) is 3.47. The number of likely N-dealkylation sites (tertiary alicyclic amines) is 1. The van der Waals surface area contributed by atoms with Gasteiger partial charge in [0, 0.05) is 27.1 Å². The first-order valence-corrected chi connectivity index (χ1v) is 8.52. The maximum atomic E-state index is 13.1. The van der Waals surface area contributed by atoms with Crippen molar-refractivity contribution in [1.29, 1.82) is 0 Å². The molecule has 0 spiro atoms. The molecule has 1 heterocycles. The van der Waals surface area contributed by atoms with Gasteiger partial charge in [-0.3, -0.25) is 9.59 Å². The molecule has 5 nitrogen and oxygen atoms in total. The highest BCUT2D eigenvalue weighted by molar-refractivity contribution is 5.85. The van der Waals surface area contributed by atoms with Crippen molar-refractivity contribution in [3.8, 4) is 0 Å². The minimum Gasteiger partial charge on any atom is -0.345 e. The van der Waals surface area contributed by atoms with Gasteiger partial charge in [-0.1, -0.05) is 44.2 Å². The lowest BCUT2D eigenvalue weighted by molar-refractivity contribution is -0.146. The lowest BCUT2D eigenvalue weighted by Gasteiger charge is -2.41. The van der Waals surface area contributed by atoms with Gasteiger partial charge in [-0.2, -0.15) is 0 Å². The molecule has 2 atom stereocenters. The van der Waals surface area contributed by atoms with Gasteiger partial charge in [0.25, 0.3) is 0 Å². The van der Waals surface area contributed by atoms with Crippen LogP contribution in [0.1, 0.15) is 38.3 Å². The van der Waals surface area contributed by atoms with E-state index in [1.165, 1.54) is 0 Å². The number of rotatable bonds is 5. The summed E-state index contributed by atoms with van der Waals surface area (Å²) >= 11 is 0. The Morgan fingerprint density at radius 2 is 1.92 bits per heavy atom. The summed E-state index contributed by atoms with van der Waals surface area (Å²) in [6.45, 7) is 5.25. The molecule has 0 aliphatic carbocycles. The predicted molar refractivity (Wildman–Crippen MR) is 102 cm³/mol. The van der Waals surface area contributed by atoms with Crippen molar-refractivity contribution < 1.29 is 9.59 Å². The molecule has 0 radical (unpaired) electrons. The maximum Gasteiger partial charge on any atom is 0.227 e. The summed E-state index contributed by atoms with van der Waals surface area (Å²) in [5.41, 5.74) is 6.69.